The van der Waals surface area contributed by atoms with Crippen molar-refractivity contribution in [1.82, 2.24) is 10.2 Å². The van der Waals surface area contributed by atoms with E-state index in [9.17, 15) is 14.7 Å². The van der Waals surface area contributed by atoms with Gasteiger partial charge in [0.1, 0.15) is 6.04 Å². The van der Waals surface area contributed by atoms with E-state index in [0.717, 1.165) is 58.0 Å². The number of carboxylic acid groups (broad SMARTS) is 1. The van der Waals surface area contributed by atoms with Crippen LogP contribution in [0.3, 0.4) is 0 Å². The SMILES string of the molecule is CCCC1CCN(C(=O)NC(C(=O)O)C2CCCCC2)C1. The molecule has 2 rings (SSSR count). The number of nitrogens with one attached hydrogen (secondary N) is 1. The second-order valence-electron chi connectivity index (χ2n) is 6.55. The highest BCUT2D eigenvalue weighted by Crippen LogP contribution is 2.27. The van der Waals surface area contributed by atoms with Crippen LogP contribution in [-0.4, -0.2) is 41.1 Å². The fraction of sp³-hybridized carbons (Fsp3) is 0.875. The van der Waals surface area contributed by atoms with Crippen LogP contribution in [0.2, 0.25) is 0 Å². The predicted octanol–water partition coefficient (Wildman–Crippen LogP) is 2.85. The molecule has 0 aromatic rings. The molecule has 2 aliphatic rings. The molecular formula is C16H28N2O3. The average molecular weight is 296 g/mol. The van der Waals surface area contributed by atoms with Crippen LogP contribution in [0.1, 0.15) is 58.3 Å². The Labute approximate surface area is 127 Å². The number of hydrogen-bond acceptors (Lipinski definition) is 2. The van der Waals surface area contributed by atoms with Crippen LogP contribution in [0.4, 0.5) is 4.79 Å². The van der Waals surface area contributed by atoms with Gasteiger partial charge in [-0.05, 0) is 37.5 Å². The molecule has 0 aromatic heterocycles. The number of amides is 2. The summed E-state index contributed by atoms with van der Waals surface area (Å²) in [6, 6.07) is -0.908. The van der Waals surface area contributed by atoms with E-state index in [1.165, 1.54) is 6.42 Å². The molecule has 1 heterocycles. The maximum atomic E-state index is 12.3. The lowest BCUT2D eigenvalue weighted by Gasteiger charge is -2.29. The zero-order chi connectivity index (χ0) is 15.2. The van der Waals surface area contributed by atoms with Crippen molar-refractivity contribution in [2.45, 2.75) is 64.3 Å². The molecule has 0 radical (unpaired) electrons. The standard InChI is InChI=1S/C16H28N2O3/c1-2-6-12-9-10-18(11-12)16(21)17-14(15(19)20)13-7-4-3-5-8-13/h12-14H,2-11H2,1H3,(H,17,21)(H,19,20). The van der Waals surface area contributed by atoms with E-state index in [4.69, 9.17) is 0 Å². The number of hydrogen-bond donors (Lipinski definition) is 2. The average Bonchev–Trinajstić information content (AvgIpc) is 2.94. The highest BCUT2D eigenvalue weighted by molar-refractivity contribution is 5.83. The molecule has 1 saturated carbocycles. The van der Waals surface area contributed by atoms with Gasteiger partial charge in [-0.25, -0.2) is 9.59 Å². The molecule has 120 valence electrons. The third-order valence-corrected chi connectivity index (χ3v) is 4.94. The summed E-state index contributed by atoms with van der Waals surface area (Å²) in [4.78, 5) is 25.6. The van der Waals surface area contributed by atoms with Crippen LogP contribution in [0.5, 0.6) is 0 Å². The minimum absolute atomic E-state index is 0.0919. The number of rotatable bonds is 5. The summed E-state index contributed by atoms with van der Waals surface area (Å²) in [7, 11) is 0. The number of aliphatic carboxylic acids is 1. The summed E-state index contributed by atoms with van der Waals surface area (Å²) < 4.78 is 0. The van der Waals surface area contributed by atoms with E-state index in [2.05, 4.69) is 12.2 Å². The van der Waals surface area contributed by atoms with E-state index in [0.29, 0.717) is 5.92 Å². The van der Waals surface area contributed by atoms with Gasteiger partial charge in [-0.2, -0.15) is 0 Å². The Morgan fingerprint density at radius 3 is 2.57 bits per heavy atom. The molecule has 1 aliphatic heterocycles. The Balaban J connectivity index is 1.88. The molecule has 2 N–H and O–H groups in total. The van der Waals surface area contributed by atoms with Gasteiger partial charge < -0.3 is 15.3 Å². The molecule has 2 amide bonds. The lowest BCUT2D eigenvalue weighted by Crippen LogP contribution is -2.51. The van der Waals surface area contributed by atoms with Crippen molar-refractivity contribution in [2.75, 3.05) is 13.1 Å². The lowest BCUT2D eigenvalue weighted by molar-refractivity contribution is -0.141. The van der Waals surface area contributed by atoms with Gasteiger partial charge in [0.05, 0.1) is 0 Å². The molecule has 2 unspecified atom stereocenters. The normalized spacial score (nSPS) is 24.8. The predicted molar refractivity (Wildman–Crippen MR) is 81.1 cm³/mol. The van der Waals surface area contributed by atoms with Crippen molar-refractivity contribution in [3.8, 4) is 0 Å². The van der Waals surface area contributed by atoms with Gasteiger partial charge in [-0.1, -0.05) is 32.6 Å². The van der Waals surface area contributed by atoms with Crippen molar-refractivity contribution in [1.29, 1.82) is 0 Å². The summed E-state index contributed by atoms with van der Waals surface area (Å²) in [6.07, 6.45) is 8.49. The molecule has 2 fully saturated rings. The van der Waals surface area contributed by atoms with Gasteiger partial charge in [0.2, 0.25) is 0 Å². The quantitative estimate of drug-likeness (QED) is 0.819. The Hall–Kier alpha value is -1.26. The van der Waals surface area contributed by atoms with Crippen LogP contribution in [0.25, 0.3) is 0 Å². The van der Waals surface area contributed by atoms with Crippen LogP contribution in [0, 0.1) is 11.8 Å². The van der Waals surface area contributed by atoms with E-state index < -0.39 is 12.0 Å². The minimum atomic E-state index is -0.889. The number of likely N-dealkylation sites (tertiary alicyclic amines) is 1. The van der Waals surface area contributed by atoms with Crippen molar-refractivity contribution < 1.29 is 14.7 Å². The first-order valence-corrected chi connectivity index (χ1v) is 8.40. The number of carbonyl (C=O) groups is 2. The Kier molecular flexibility index (Phi) is 5.88. The first kappa shape index (κ1) is 16.1. The number of carboxylic acids is 1. The lowest BCUT2D eigenvalue weighted by atomic mass is 9.84. The summed E-state index contributed by atoms with van der Waals surface area (Å²) >= 11 is 0. The van der Waals surface area contributed by atoms with Crippen LogP contribution < -0.4 is 5.32 Å². The van der Waals surface area contributed by atoms with Crippen molar-refractivity contribution in [2.24, 2.45) is 11.8 Å². The molecule has 0 spiro atoms. The molecule has 1 aliphatic carbocycles. The van der Waals surface area contributed by atoms with E-state index >= 15 is 0 Å². The Morgan fingerprint density at radius 1 is 1.24 bits per heavy atom. The van der Waals surface area contributed by atoms with Gasteiger partial charge >= 0.3 is 12.0 Å². The topological polar surface area (TPSA) is 69.6 Å². The van der Waals surface area contributed by atoms with Crippen molar-refractivity contribution in [3.05, 3.63) is 0 Å². The second kappa shape index (κ2) is 7.66. The first-order valence-electron chi connectivity index (χ1n) is 8.40. The third-order valence-electron chi connectivity index (χ3n) is 4.94. The van der Waals surface area contributed by atoms with Gasteiger partial charge in [0.15, 0.2) is 0 Å². The van der Waals surface area contributed by atoms with Gasteiger partial charge in [-0.15, -0.1) is 0 Å². The van der Waals surface area contributed by atoms with Gasteiger partial charge in [0, 0.05) is 13.1 Å². The molecule has 5 nitrogen and oxygen atoms in total. The third kappa shape index (κ3) is 4.35. The van der Waals surface area contributed by atoms with Crippen LogP contribution in [0.15, 0.2) is 0 Å². The van der Waals surface area contributed by atoms with Crippen molar-refractivity contribution >= 4 is 12.0 Å². The maximum absolute atomic E-state index is 12.3. The molecule has 0 aromatic carbocycles. The molecule has 2 atom stereocenters. The van der Waals surface area contributed by atoms with E-state index in [1.807, 2.05) is 0 Å². The highest BCUT2D eigenvalue weighted by Gasteiger charge is 2.33. The van der Waals surface area contributed by atoms with E-state index in [-0.39, 0.29) is 11.9 Å². The summed E-state index contributed by atoms with van der Waals surface area (Å²) in [5, 5.41) is 12.2. The van der Waals surface area contributed by atoms with E-state index in [1.54, 1.807) is 4.90 Å². The minimum Gasteiger partial charge on any atom is -0.480 e. The molecular weight excluding hydrogens is 268 g/mol. The maximum Gasteiger partial charge on any atom is 0.326 e. The number of urea groups is 1. The Morgan fingerprint density at radius 2 is 1.95 bits per heavy atom. The molecule has 21 heavy (non-hydrogen) atoms. The summed E-state index contributed by atoms with van der Waals surface area (Å²) in [5.41, 5.74) is 0. The second-order valence-corrected chi connectivity index (χ2v) is 6.55. The number of carbonyl (C=O) groups excluding carboxylic acids is 1. The van der Waals surface area contributed by atoms with Crippen LogP contribution in [-0.2, 0) is 4.79 Å². The first-order chi connectivity index (χ1) is 10.1. The molecule has 1 saturated heterocycles. The molecule has 5 heteroatoms. The fourth-order valence-electron chi connectivity index (χ4n) is 3.73. The zero-order valence-electron chi connectivity index (χ0n) is 13.0. The monoisotopic (exact) mass is 296 g/mol. The highest BCUT2D eigenvalue weighted by atomic mass is 16.4. The zero-order valence-corrected chi connectivity index (χ0v) is 13.0. The van der Waals surface area contributed by atoms with Crippen LogP contribution >= 0.6 is 0 Å². The smallest absolute Gasteiger partial charge is 0.326 e. The van der Waals surface area contributed by atoms with Gasteiger partial charge in [0.25, 0.3) is 0 Å². The van der Waals surface area contributed by atoms with Gasteiger partial charge in [-0.3, -0.25) is 0 Å². The summed E-state index contributed by atoms with van der Waals surface area (Å²) in [6.45, 7) is 3.69. The number of nitrogens with zero attached hydrogens (tertiary/aromatic N) is 1. The summed E-state index contributed by atoms with van der Waals surface area (Å²) in [5.74, 6) is -0.215. The Bertz CT molecular complexity index is 367. The van der Waals surface area contributed by atoms with Crippen molar-refractivity contribution in [3.63, 3.8) is 0 Å². The molecule has 0 bridgehead atoms. The fourth-order valence-corrected chi connectivity index (χ4v) is 3.73. The largest absolute Gasteiger partial charge is 0.480 e.